The van der Waals surface area contributed by atoms with Gasteiger partial charge in [-0.2, -0.15) is 5.26 Å². The maximum absolute atomic E-state index is 12.1. The Hall–Kier alpha value is -2.52. The third-order valence-electron chi connectivity index (χ3n) is 2.99. The van der Waals surface area contributed by atoms with Gasteiger partial charge in [-0.1, -0.05) is 18.2 Å². The van der Waals surface area contributed by atoms with Crippen molar-refractivity contribution in [1.82, 2.24) is 0 Å². The minimum absolute atomic E-state index is 0.160. The molecule has 3 N–H and O–H groups in total. The molecule has 0 radical (unpaired) electrons. The van der Waals surface area contributed by atoms with E-state index in [1.54, 1.807) is 42.5 Å². The Bertz CT molecular complexity index is 791. The number of nitrogens with two attached hydrogens (primary N) is 1. The van der Waals surface area contributed by atoms with E-state index in [4.69, 9.17) is 11.0 Å². The minimum Gasteiger partial charge on any atom is -0.398 e. The summed E-state index contributed by atoms with van der Waals surface area (Å²) in [5.74, 6) is -0.160. The van der Waals surface area contributed by atoms with Gasteiger partial charge < -0.3 is 5.73 Å². The Morgan fingerprint density at radius 1 is 1.19 bits per heavy atom. The first-order chi connectivity index (χ1) is 9.89. The number of nitriles is 1. The summed E-state index contributed by atoms with van der Waals surface area (Å²) in [5.41, 5.74) is 8.73. The zero-order chi connectivity index (χ0) is 15.5. The summed E-state index contributed by atoms with van der Waals surface area (Å²) >= 11 is 0. The number of hydrogen-bond acceptors (Lipinski definition) is 4. The Morgan fingerprint density at radius 2 is 1.86 bits per heavy atom. The Kier molecular flexibility index (Phi) is 4.15. The molecule has 0 fully saturated rings. The van der Waals surface area contributed by atoms with Crippen molar-refractivity contribution in [2.75, 3.05) is 10.5 Å². The molecule has 0 spiro atoms. The first kappa shape index (κ1) is 14.9. The van der Waals surface area contributed by atoms with Gasteiger partial charge in [0.25, 0.3) is 0 Å². The lowest BCUT2D eigenvalue weighted by Gasteiger charge is -2.10. The van der Waals surface area contributed by atoms with Gasteiger partial charge in [-0.05, 0) is 42.3 Å². The van der Waals surface area contributed by atoms with Crippen molar-refractivity contribution in [3.63, 3.8) is 0 Å². The summed E-state index contributed by atoms with van der Waals surface area (Å²) in [7, 11) is -3.53. The van der Waals surface area contributed by atoms with E-state index in [0.717, 1.165) is 5.56 Å². The lowest BCUT2D eigenvalue weighted by Crippen LogP contribution is -2.15. The van der Waals surface area contributed by atoms with Crippen LogP contribution in [0.5, 0.6) is 0 Å². The van der Waals surface area contributed by atoms with Crippen LogP contribution in [0.1, 0.15) is 16.7 Å². The fourth-order valence-electron chi connectivity index (χ4n) is 1.81. The molecule has 0 aliphatic heterocycles. The van der Waals surface area contributed by atoms with Crippen molar-refractivity contribution in [2.45, 2.75) is 12.7 Å². The molecular formula is C15H15N3O2S. The van der Waals surface area contributed by atoms with Crippen molar-refractivity contribution in [1.29, 1.82) is 5.26 Å². The molecule has 0 aliphatic carbocycles. The molecule has 0 unspecified atom stereocenters. The third kappa shape index (κ3) is 3.97. The quantitative estimate of drug-likeness (QED) is 0.847. The number of rotatable bonds is 4. The molecule has 0 heterocycles. The van der Waals surface area contributed by atoms with E-state index < -0.39 is 10.0 Å². The largest absolute Gasteiger partial charge is 0.398 e. The van der Waals surface area contributed by atoms with Crippen LogP contribution in [0.15, 0.2) is 42.5 Å². The van der Waals surface area contributed by atoms with Crippen LogP contribution >= 0.6 is 0 Å². The van der Waals surface area contributed by atoms with E-state index in [2.05, 4.69) is 4.72 Å². The highest BCUT2D eigenvalue weighted by molar-refractivity contribution is 7.91. The number of aryl methyl sites for hydroxylation is 1. The zero-order valence-electron chi connectivity index (χ0n) is 11.5. The van der Waals surface area contributed by atoms with Gasteiger partial charge in [0.15, 0.2) is 0 Å². The first-order valence-electron chi connectivity index (χ1n) is 6.25. The molecule has 2 rings (SSSR count). The number of nitrogens with zero attached hydrogens (tertiary/aromatic N) is 1. The van der Waals surface area contributed by atoms with Gasteiger partial charge in [0.1, 0.15) is 0 Å². The van der Waals surface area contributed by atoms with Crippen molar-refractivity contribution in [3.8, 4) is 6.07 Å². The lowest BCUT2D eigenvalue weighted by atomic mass is 10.2. The lowest BCUT2D eigenvalue weighted by molar-refractivity contribution is 0.600. The molecule has 5 nitrogen and oxygen atoms in total. The van der Waals surface area contributed by atoms with Gasteiger partial charge in [0, 0.05) is 5.69 Å². The molecule has 0 atom stereocenters. The number of sulfonamides is 1. The average molecular weight is 301 g/mol. The summed E-state index contributed by atoms with van der Waals surface area (Å²) in [6, 6.07) is 13.4. The smallest absolute Gasteiger partial charge is 0.236 e. The first-order valence-corrected chi connectivity index (χ1v) is 7.90. The molecule has 2 aromatic carbocycles. The van der Waals surface area contributed by atoms with Crippen molar-refractivity contribution < 1.29 is 8.42 Å². The third-order valence-corrected chi connectivity index (χ3v) is 4.25. The Labute approximate surface area is 124 Å². The van der Waals surface area contributed by atoms with Crippen molar-refractivity contribution >= 4 is 21.4 Å². The van der Waals surface area contributed by atoms with Gasteiger partial charge in [-0.15, -0.1) is 0 Å². The van der Waals surface area contributed by atoms with Gasteiger partial charge in [-0.3, -0.25) is 4.72 Å². The molecular weight excluding hydrogens is 286 g/mol. The van der Waals surface area contributed by atoms with Crippen LogP contribution in [0.4, 0.5) is 11.4 Å². The molecule has 0 aliphatic rings. The van der Waals surface area contributed by atoms with Crippen LogP contribution in [0.3, 0.4) is 0 Å². The predicted molar refractivity (Wildman–Crippen MR) is 83.0 cm³/mol. The summed E-state index contributed by atoms with van der Waals surface area (Å²) in [6.45, 7) is 1.85. The summed E-state index contributed by atoms with van der Waals surface area (Å²) < 4.78 is 26.7. The number of benzene rings is 2. The van der Waals surface area contributed by atoms with Crippen LogP contribution < -0.4 is 10.5 Å². The molecule has 0 aromatic heterocycles. The van der Waals surface area contributed by atoms with Gasteiger partial charge >= 0.3 is 0 Å². The Balaban J connectivity index is 2.14. The van der Waals surface area contributed by atoms with Gasteiger partial charge in [-0.25, -0.2) is 8.42 Å². The standard InChI is InChI=1S/C15H15N3O2S/c1-11-2-7-14(8-15(11)17)18-21(19,20)10-13-5-3-12(9-16)4-6-13/h2-8,18H,10,17H2,1H3. The number of hydrogen-bond donors (Lipinski definition) is 2. The average Bonchev–Trinajstić information content (AvgIpc) is 2.43. The van der Waals surface area contributed by atoms with Crippen molar-refractivity contribution in [3.05, 3.63) is 59.2 Å². The van der Waals surface area contributed by atoms with E-state index in [1.807, 2.05) is 13.0 Å². The molecule has 0 saturated heterocycles. The van der Waals surface area contributed by atoms with Gasteiger partial charge in [0.05, 0.1) is 23.1 Å². The summed E-state index contributed by atoms with van der Waals surface area (Å²) in [6.07, 6.45) is 0. The monoisotopic (exact) mass is 301 g/mol. The topological polar surface area (TPSA) is 96.0 Å². The Morgan fingerprint density at radius 3 is 2.43 bits per heavy atom. The number of nitrogen functional groups attached to an aromatic ring is 1. The van der Waals surface area contributed by atoms with Gasteiger partial charge in [0.2, 0.25) is 10.0 Å². The molecule has 0 amide bonds. The fourth-order valence-corrected chi connectivity index (χ4v) is 3.00. The van der Waals surface area contributed by atoms with Crippen LogP contribution in [0.2, 0.25) is 0 Å². The summed E-state index contributed by atoms with van der Waals surface area (Å²) in [4.78, 5) is 0. The molecule has 2 aromatic rings. The SMILES string of the molecule is Cc1ccc(NS(=O)(=O)Cc2ccc(C#N)cc2)cc1N. The number of nitrogens with one attached hydrogen (secondary N) is 1. The van der Waals surface area contributed by atoms with Crippen molar-refractivity contribution in [2.24, 2.45) is 0 Å². The normalized spacial score (nSPS) is 10.9. The molecule has 6 heteroatoms. The second-order valence-electron chi connectivity index (χ2n) is 4.74. The molecule has 21 heavy (non-hydrogen) atoms. The second-order valence-corrected chi connectivity index (χ2v) is 6.46. The van der Waals surface area contributed by atoms with Crippen LogP contribution in [0, 0.1) is 18.3 Å². The van der Waals surface area contributed by atoms with E-state index in [0.29, 0.717) is 22.5 Å². The van der Waals surface area contributed by atoms with Crippen LogP contribution in [-0.4, -0.2) is 8.42 Å². The molecule has 0 saturated carbocycles. The van der Waals surface area contributed by atoms with E-state index in [9.17, 15) is 8.42 Å². The second kappa shape index (κ2) is 5.85. The van der Waals surface area contributed by atoms with Crippen LogP contribution in [-0.2, 0) is 15.8 Å². The maximum atomic E-state index is 12.1. The molecule has 0 bridgehead atoms. The number of anilines is 2. The zero-order valence-corrected chi connectivity index (χ0v) is 12.3. The summed E-state index contributed by atoms with van der Waals surface area (Å²) in [5, 5.41) is 8.71. The highest BCUT2D eigenvalue weighted by Crippen LogP contribution is 2.19. The van der Waals surface area contributed by atoms with E-state index >= 15 is 0 Å². The van der Waals surface area contributed by atoms with Crippen LogP contribution in [0.25, 0.3) is 0 Å². The maximum Gasteiger partial charge on any atom is 0.236 e. The molecule has 108 valence electrons. The minimum atomic E-state index is -3.53. The van der Waals surface area contributed by atoms with E-state index in [-0.39, 0.29) is 5.75 Å². The fraction of sp³-hybridized carbons (Fsp3) is 0.133. The highest BCUT2D eigenvalue weighted by atomic mass is 32.2. The van der Waals surface area contributed by atoms with E-state index in [1.165, 1.54) is 0 Å². The highest BCUT2D eigenvalue weighted by Gasteiger charge is 2.12. The predicted octanol–water partition coefficient (Wildman–Crippen LogP) is 2.39.